The Kier molecular flexibility index (Phi) is 2.37. The number of halogens is 2. The Labute approximate surface area is 85.2 Å². The van der Waals surface area contributed by atoms with Crippen molar-refractivity contribution < 1.29 is 8.78 Å². The van der Waals surface area contributed by atoms with Gasteiger partial charge in [0.2, 0.25) is 5.95 Å². The number of rotatable bonds is 2. The van der Waals surface area contributed by atoms with Crippen molar-refractivity contribution in [3.63, 3.8) is 0 Å². The smallest absolute Gasteiger partial charge is 0.204 e. The molecule has 78 valence electrons. The van der Waals surface area contributed by atoms with Crippen molar-refractivity contribution in [2.75, 3.05) is 5.32 Å². The van der Waals surface area contributed by atoms with E-state index in [1.807, 2.05) is 6.92 Å². The number of H-pyrrole nitrogens is 1. The summed E-state index contributed by atoms with van der Waals surface area (Å²) in [6.07, 6.45) is 1.60. The highest BCUT2D eigenvalue weighted by Crippen LogP contribution is 2.18. The lowest BCUT2D eigenvalue weighted by Gasteiger charge is -2.03. The highest BCUT2D eigenvalue weighted by molar-refractivity contribution is 5.54. The summed E-state index contributed by atoms with van der Waals surface area (Å²) in [5.41, 5.74) is 0.902. The average Bonchev–Trinajstić information content (AvgIpc) is 2.58. The average molecular weight is 209 g/mol. The third-order valence-electron chi connectivity index (χ3n) is 1.88. The molecule has 0 radical (unpaired) electrons. The molecule has 2 rings (SSSR count). The summed E-state index contributed by atoms with van der Waals surface area (Å²) in [4.78, 5) is 6.79. The standard InChI is InChI=1S/C10H9F2N3/c1-6-5-13-10(14-6)15-9-4-7(11)2-3-8(9)12/h2-5H,1H3,(H2,13,14,15). The fraction of sp³-hybridized carbons (Fsp3) is 0.100. The first-order valence-corrected chi connectivity index (χ1v) is 4.39. The number of nitrogens with one attached hydrogen (secondary N) is 2. The molecule has 0 atom stereocenters. The van der Waals surface area contributed by atoms with Crippen molar-refractivity contribution in [2.45, 2.75) is 6.92 Å². The summed E-state index contributed by atoms with van der Waals surface area (Å²) in [7, 11) is 0. The highest BCUT2D eigenvalue weighted by Gasteiger charge is 2.05. The minimum atomic E-state index is -0.523. The number of aryl methyl sites for hydroxylation is 1. The van der Waals surface area contributed by atoms with Crippen LogP contribution in [0.3, 0.4) is 0 Å². The van der Waals surface area contributed by atoms with Gasteiger partial charge >= 0.3 is 0 Å². The van der Waals surface area contributed by atoms with Gasteiger partial charge in [-0.05, 0) is 19.1 Å². The van der Waals surface area contributed by atoms with Crippen LogP contribution in [-0.2, 0) is 0 Å². The molecule has 0 amide bonds. The molecule has 1 heterocycles. The van der Waals surface area contributed by atoms with E-state index >= 15 is 0 Å². The van der Waals surface area contributed by atoms with E-state index in [2.05, 4.69) is 15.3 Å². The van der Waals surface area contributed by atoms with E-state index in [4.69, 9.17) is 0 Å². The van der Waals surface area contributed by atoms with E-state index < -0.39 is 11.6 Å². The van der Waals surface area contributed by atoms with E-state index in [0.717, 1.165) is 23.9 Å². The summed E-state index contributed by atoms with van der Waals surface area (Å²) in [6.45, 7) is 1.82. The molecule has 1 aromatic heterocycles. The number of nitrogens with zero attached hydrogens (tertiary/aromatic N) is 1. The molecule has 1 aromatic carbocycles. The van der Waals surface area contributed by atoms with Crippen LogP contribution in [0, 0.1) is 18.6 Å². The van der Waals surface area contributed by atoms with Gasteiger partial charge in [0.05, 0.1) is 5.69 Å². The van der Waals surface area contributed by atoms with Crippen molar-refractivity contribution in [1.29, 1.82) is 0 Å². The van der Waals surface area contributed by atoms with Crippen LogP contribution in [0.1, 0.15) is 5.69 Å². The van der Waals surface area contributed by atoms with Crippen molar-refractivity contribution in [3.05, 3.63) is 41.7 Å². The van der Waals surface area contributed by atoms with Crippen LogP contribution in [0.2, 0.25) is 0 Å². The third-order valence-corrected chi connectivity index (χ3v) is 1.88. The number of imidazole rings is 1. The molecule has 0 fully saturated rings. The second-order valence-corrected chi connectivity index (χ2v) is 3.16. The lowest BCUT2D eigenvalue weighted by molar-refractivity contribution is 0.603. The molecule has 3 nitrogen and oxygen atoms in total. The molecule has 0 unspecified atom stereocenters. The van der Waals surface area contributed by atoms with E-state index in [0.29, 0.717) is 5.95 Å². The molecular weight excluding hydrogens is 200 g/mol. The van der Waals surface area contributed by atoms with Gasteiger partial charge in [0, 0.05) is 18.0 Å². The summed E-state index contributed by atoms with van der Waals surface area (Å²) in [5.74, 6) is -0.635. The molecule has 0 aliphatic carbocycles. The Bertz CT molecular complexity index is 479. The normalized spacial score (nSPS) is 10.3. The first kappa shape index (κ1) is 9.64. The lowest BCUT2D eigenvalue weighted by Crippen LogP contribution is -1.96. The van der Waals surface area contributed by atoms with Gasteiger partial charge in [-0.25, -0.2) is 13.8 Å². The van der Waals surface area contributed by atoms with Crippen LogP contribution in [0.4, 0.5) is 20.4 Å². The van der Waals surface area contributed by atoms with Crippen LogP contribution in [0.25, 0.3) is 0 Å². The van der Waals surface area contributed by atoms with E-state index in [1.165, 1.54) is 0 Å². The Morgan fingerprint density at radius 1 is 1.33 bits per heavy atom. The van der Waals surface area contributed by atoms with Crippen molar-refractivity contribution in [3.8, 4) is 0 Å². The minimum Gasteiger partial charge on any atom is -0.328 e. The molecule has 0 bridgehead atoms. The summed E-state index contributed by atoms with van der Waals surface area (Å²) >= 11 is 0. The number of benzene rings is 1. The van der Waals surface area contributed by atoms with E-state index in [9.17, 15) is 8.78 Å². The summed E-state index contributed by atoms with van der Waals surface area (Å²) in [6, 6.07) is 3.20. The monoisotopic (exact) mass is 209 g/mol. The van der Waals surface area contributed by atoms with E-state index in [-0.39, 0.29) is 5.69 Å². The maximum absolute atomic E-state index is 13.2. The van der Waals surface area contributed by atoms with Crippen LogP contribution in [0.5, 0.6) is 0 Å². The van der Waals surface area contributed by atoms with Crippen LogP contribution < -0.4 is 5.32 Å². The maximum atomic E-state index is 13.2. The van der Waals surface area contributed by atoms with Gasteiger partial charge in [-0.2, -0.15) is 0 Å². The molecule has 0 spiro atoms. The van der Waals surface area contributed by atoms with Gasteiger partial charge in [-0.15, -0.1) is 0 Å². The van der Waals surface area contributed by atoms with Gasteiger partial charge in [0.1, 0.15) is 11.6 Å². The number of hydrogen-bond donors (Lipinski definition) is 2. The molecule has 0 aliphatic heterocycles. The zero-order valence-corrected chi connectivity index (χ0v) is 8.01. The predicted octanol–water partition coefficient (Wildman–Crippen LogP) is 2.74. The van der Waals surface area contributed by atoms with Crippen molar-refractivity contribution in [2.24, 2.45) is 0 Å². The fourth-order valence-corrected chi connectivity index (χ4v) is 1.20. The molecule has 2 aromatic rings. The Morgan fingerprint density at radius 3 is 2.80 bits per heavy atom. The SMILES string of the molecule is Cc1cnc(Nc2cc(F)ccc2F)[nH]1. The molecule has 0 aliphatic rings. The van der Waals surface area contributed by atoms with Gasteiger partial charge < -0.3 is 10.3 Å². The summed E-state index contributed by atoms with van der Waals surface area (Å²) in [5, 5.41) is 2.65. The minimum absolute atomic E-state index is 0.0596. The zero-order chi connectivity index (χ0) is 10.8. The Hall–Kier alpha value is -1.91. The van der Waals surface area contributed by atoms with Crippen molar-refractivity contribution in [1.82, 2.24) is 9.97 Å². The molecule has 0 saturated heterocycles. The van der Waals surface area contributed by atoms with Crippen LogP contribution in [0.15, 0.2) is 24.4 Å². The number of aromatic amines is 1. The van der Waals surface area contributed by atoms with Gasteiger partial charge in [0.15, 0.2) is 0 Å². The number of hydrogen-bond acceptors (Lipinski definition) is 2. The van der Waals surface area contributed by atoms with E-state index in [1.54, 1.807) is 6.20 Å². The second-order valence-electron chi connectivity index (χ2n) is 3.16. The third kappa shape index (κ3) is 2.12. The molecular formula is C10H9F2N3. The maximum Gasteiger partial charge on any atom is 0.204 e. The van der Waals surface area contributed by atoms with Gasteiger partial charge in [-0.3, -0.25) is 0 Å². The van der Waals surface area contributed by atoms with Gasteiger partial charge in [-0.1, -0.05) is 0 Å². The number of aromatic nitrogens is 2. The first-order valence-electron chi connectivity index (χ1n) is 4.39. The molecule has 2 N–H and O–H groups in total. The topological polar surface area (TPSA) is 40.7 Å². The van der Waals surface area contributed by atoms with Gasteiger partial charge in [0.25, 0.3) is 0 Å². The van der Waals surface area contributed by atoms with Crippen molar-refractivity contribution >= 4 is 11.6 Å². The largest absolute Gasteiger partial charge is 0.328 e. The van der Waals surface area contributed by atoms with Crippen LogP contribution >= 0.6 is 0 Å². The lowest BCUT2D eigenvalue weighted by atomic mass is 10.3. The van der Waals surface area contributed by atoms with Crippen LogP contribution in [-0.4, -0.2) is 9.97 Å². The first-order chi connectivity index (χ1) is 7.15. The Balaban J connectivity index is 2.27. The second kappa shape index (κ2) is 3.68. The zero-order valence-electron chi connectivity index (χ0n) is 8.01. The highest BCUT2D eigenvalue weighted by atomic mass is 19.1. The number of anilines is 2. The fourth-order valence-electron chi connectivity index (χ4n) is 1.20. The molecule has 15 heavy (non-hydrogen) atoms. The molecule has 0 saturated carbocycles. The summed E-state index contributed by atoms with van der Waals surface area (Å²) < 4.78 is 26.0. The molecule has 5 heteroatoms. The predicted molar refractivity (Wildman–Crippen MR) is 53.0 cm³/mol. The Morgan fingerprint density at radius 2 is 2.13 bits per heavy atom. The quantitative estimate of drug-likeness (QED) is 0.798.